The lowest BCUT2D eigenvalue weighted by molar-refractivity contribution is -0.113. The maximum atomic E-state index is 14.6. The Bertz CT molecular complexity index is 1310. The Morgan fingerprint density at radius 2 is 1.70 bits per heavy atom. The van der Waals surface area contributed by atoms with Crippen LogP contribution in [0.5, 0.6) is 0 Å². The summed E-state index contributed by atoms with van der Waals surface area (Å²) < 4.78 is 29.6. The van der Waals surface area contributed by atoms with Crippen molar-refractivity contribution in [3.05, 3.63) is 90.0 Å². The van der Waals surface area contributed by atoms with Gasteiger partial charge in [0, 0.05) is 22.9 Å². The molecule has 0 bridgehead atoms. The van der Waals surface area contributed by atoms with Crippen molar-refractivity contribution in [3.8, 4) is 17.1 Å². The van der Waals surface area contributed by atoms with Gasteiger partial charge in [-0.2, -0.15) is 0 Å². The number of amides is 2. The van der Waals surface area contributed by atoms with E-state index in [0.29, 0.717) is 22.6 Å². The van der Waals surface area contributed by atoms with Crippen molar-refractivity contribution in [2.24, 2.45) is 5.73 Å². The average molecular weight is 465 g/mol. The maximum Gasteiger partial charge on any atom is 0.248 e. The Morgan fingerprint density at radius 3 is 2.36 bits per heavy atom. The molecule has 4 aromatic rings. The first kappa shape index (κ1) is 22.2. The van der Waals surface area contributed by atoms with Crippen LogP contribution < -0.4 is 11.1 Å². The van der Waals surface area contributed by atoms with Crippen LogP contribution in [0.25, 0.3) is 17.1 Å². The largest absolute Gasteiger partial charge is 0.366 e. The highest BCUT2D eigenvalue weighted by Gasteiger charge is 2.20. The van der Waals surface area contributed by atoms with Crippen LogP contribution in [0.3, 0.4) is 0 Å². The second kappa shape index (κ2) is 9.61. The summed E-state index contributed by atoms with van der Waals surface area (Å²) >= 11 is 1.05. The van der Waals surface area contributed by atoms with Crippen LogP contribution in [0.4, 0.5) is 14.5 Å². The SMILES string of the molecule is NC(=O)c1ccc(NC(=O)CSc2nnc(-c3ccccc3)n2-c2ccc(F)cc2F)cc1. The number of nitrogens with zero attached hydrogens (tertiary/aromatic N) is 3. The molecule has 3 aromatic carbocycles. The van der Waals surface area contributed by atoms with Crippen LogP contribution in [0, 0.1) is 11.6 Å². The zero-order valence-electron chi connectivity index (χ0n) is 17.0. The lowest BCUT2D eigenvalue weighted by atomic mass is 10.2. The number of anilines is 1. The molecule has 0 aliphatic carbocycles. The first-order chi connectivity index (χ1) is 15.9. The van der Waals surface area contributed by atoms with Gasteiger partial charge in [-0.3, -0.25) is 14.2 Å². The van der Waals surface area contributed by atoms with Crippen molar-refractivity contribution in [3.63, 3.8) is 0 Å². The summed E-state index contributed by atoms with van der Waals surface area (Å²) in [6, 6.07) is 18.4. The van der Waals surface area contributed by atoms with E-state index in [-0.39, 0.29) is 22.5 Å². The van der Waals surface area contributed by atoms with E-state index < -0.39 is 17.5 Å². The highest BCUT2D eigenvalue weighted by molar-refractivity contribution is 7.99. The number of carbonyl (C=O) groups excluding carboxylic acids is 2. The Balaban J connectivity index is 1.58. The minimum absolute atomic E-state index is 0.0483. The minimum Gasteiger partial charge on any atom is -0.366 e. The molecule has 0 fully saturated rings. The Labute approximate surface area is 191 Å². The molecule has 0 saturated carbocycles. The molecule has 0 atom stereocenters. The zero-order valence-corrected chi connectivity index (χ0v) is 17.9. The van der Waals surface area contributed by atoms with E-state index in [1.54, 1.807) is 36.4 Å². The molecule has 3 N–H and O–H groups in total. The minimum atomic E-state index is -0.784. The van der Waals surface area contributed by atoms with E-state index in [0.717, 1.165) is 23.9 Å². The predicted octanol–water partition coefficient (Wildman–Crippen LogP) is 4.04. The zero-order chi connectivity index (χ0) is 23.4. The molecule has 0 spiro atoms. The van der Waals surface area contributed by atoms with Crippen molar-refractivity contribution in [1.82, 2.24) is 14.8 Å². The Kier molecular flexibility index (Phi) is 6.45. The number of hydrogen-bond acceptors (Lipinski definition) is 5. The third-order valence-electron chi connectivity index (χ3n) is 4.60. The van der Waals surface area contributed by atoms with E-state index in [2.05, 4.69) is 15.5 Å². The molecular formula is C23H17F2N5O2S. The second-order valence-corrected chi connectivity index (χ2v) is 7.82. The van der Waals surface area contributed by atoms with Gasteiger partial charge in [0.25, 0.3) is 0 Å². The molecule has 0 unspecified atom stereocenters. The smallest absolute Gasteiger partial charge is 0.248 e. The molecule has 0 aliphatic rings. The fourth-order valence-electron chi connectivity index (χ4n) is 3.06. The average Bonchev–Trinajstić information content (AvgIpc) is 3.22. The van der Waals surface area contributed by atoms with Crippen molar-refractivity contribution in [2.75, 3.05) is 11.1 Å². The van der Waals surface area contributed by atoms with Crippen LogP contribution in [-0.2, 0) is 4.79 Å². The molecule has 7 nitrogen and oxygen atoms in total. The number of rotatable bonds is 7. The van der Waals surface area contributed by atoms with Crippen molar-refractivity contribution in [2.45, 2.75) is 5.16 Å². The van der Waals surface area contributed by atoms with Crippen LogP contribution in [-0.4, -0.2) is 32.3 Å². The van der Waals surface area contributed by atoms with Crippen molar-refractivity contribution < 1.29 is 18.4 Å². The molecular weight excluding hydrogens is 448 g/mol. The molecule has 4 rings (SSSR count). The van der Waals surface area contributed by atoms with E-state index >= 15 is 0 Å². The van der Waals surface area contributed by atoms with Crippen molar-refractivity contribution in [1.29, 1.82) is 0 Å². The first-order valence-corrected chi connectivity index (χ1v) is 10.7. The number of nitrogens with two attached hydrogens (primary N) is 1. The van der Waals surface area contributed by atoms with Gasteiger partial charge in [-0.15, -0.1) is 10.2 Å². The van der Waals surface area contributed by atoms with E-state index in [1.165, 1.54) is 22.8 Å². The Hall–Kier alpha value is -4.05. The number of hydrogen-bond donors (Lipinski definition) is 2. The molecule has 0 radical (unpaired) electrons. The summed E-state index contributed by atoms with van der Waals surface area (Å²) in [6.07, 6.45) is 0. The molecule has 0 saturated heterocycles. The highest BCUT2D eigenvalue weighted by Crippen LogP contribution is 2.29. The van der Waals surface area contributed by atoms with Crippen LogP contribution in [0.2, 0.25) is 0 Å². The fraction of sp³-hybridized carbons (Fsp3) is 0.0435. The van der Waals surface area contributed by atoms with Crippen LogP contribution in [0.15, 0.2) is 78.0 Å². The van der Waals surface area contributed by atoms with Gasteiger partial charge >= 0.3 is 0 Å². The molecule has 1 heterocycles. The normalized spacial score (nSPS) is 10.7. The second-order valence-electron chi connectivity index (χ2n) is 6.88. The molecule has 33 heavy (non-hydrogen) atoms. The van der Waals surface area contributed by atoms with Crippen LogP contribution in [0.1, 0.15) is 10.4 Å². The third kappa shape index (κ3) is 5.07. The van der Waals surface area contributed by atoms with Crippen molar-refractivity contribution >= 4 is 29.3 Å². The topological polar surface area (TPSA) is 103 Å². The number of nitrogens with one attached hydrogen (secondary N) is 1. The summed E-state index contributed by atoms with van der Waals surface area (Å²) in [5.74, 6) is -2.10. The van der Waals surface area contributed by atoms with Gasteiger partial charge in [-0.1, -0.05) is 42.1 Å². The number of halogens is 2. The van der Waals surface area contributed by atoms with E-state index in [9.17, 15) is 18.4 Å². The van der Waals surface area contributed by atoms with Gasteiger partial charge in [0.2, 0.25) is 11.8 Å². The summed E-state index contributed by atoms with van der Waals surface area (Å²) in [6.45, 7) is 0. The molecule has 10 heteroatoms. The number of thioether (sulfide) groups is 1. The lowest BCUT2D eigenvalue weighted by Crippen LogP contribution is -2.15. The van der Waals surface area contributed by atoms with Gasteiger partial charge in [0.1, 0.15) is 11.6 Å². The summed E-state index contributed by atoms with van der Waals surface area (Å²) in [7, 11) is 0. The molecule has 2 amide bonds. The van der Waals surface area contributed by atoms with Gasteiger partial charge in [-0.25, -0.2) is 8.78 Å². The molecule has 166 valence electrons. The number of carbonyl (C=O) groups is 2. The predicted molar refractivity (Wildman–Crippen MR) is 121 cm³/mol. The fourth-order valence-corrected chi connectivity index (χ4v) is 3.81. The standard InChI is InChI=1S/C23H17F2N5O2S/c24-16-8-11-19(18(25)12-16)30-22(15-4-2-1-3-5-15)28-29-23(30)33-13-20(31)27-17-9-6-14(7-10-17)21(26)32/h1-12H,13H2,(H2,26,32)(H,27,31). The summed E-state index contributed by atoms with van der Waals surface area (Å²) in [5, 5.41) is 11.3. The molecule has 0 aliphatic heterocycles. The lowest BCUT2D eigenvalue weighted by Gasteiger charge is -2.11. The number of benzene rings is 3. The summed E-state index contributed by atoms with van der Waals surface area (Å²) in [5.41, 5.74) is 6.76. The molecule has 1 aromatic heterocycles. The van der Waals surface area contributed by atoms with E-state index in [1.807, 2.05) is 6.07 Å². The number of aromatic nitrogens is 3. The van der Waals surface area contributed by atoms with Gasteiger partial charge < -0.3 is 11.1 Å². The van der Waals surface area contributed by atoms with Crippen LogP contribution >= 0.6 is 11.8 Å². The first-order valence-electron chi connectivity index (χ1n) is 9.71. The monoisotopic (exact) mass is 465 g/mol. The quantitative estimate of drug-likeness (QED) is 0.401. The third-order valence-corrected chi connectivity index (χ3v) is 5.53. The maximum absolute atomic E-state index is 14.6. The number of primary amides is 1. The Morgan fingerprint density at radius 1 is 0.970 bits per heavy atom. The van der Waals surface area contributed by atoms with Gasteiger partial charge in [0.05, 0.1) is 11.4 Å². The summed E-state index contributed by atoms with van der Waals surface area (Å²) in [4.78, 5) is 23.6. The van der Waals surface area contributed by atoms with E-state index in [4.69, 9.17) is 5.73 Å². The highest BCUT2D eigenvalue weighted by atomic mass is 32.2. The van der Waals surface area contributed by atoms with Gasteiger partial charge in [0.15, 0.2) is 11.0 Å². The van der Waals surface area contributed by atoms with Gasteiger partial charge in [-0.05, 0) is 36.4 Å².